The fourth-order valence-corrected chi connectivity index (χ4v) is 3.04. The van der Waals surface area contributed by atoms with Gasteiger partial charge >= 0.3 is 0 Å². The van der Waals surface area contributed by atoms with Crippen molar-refractivity contribution in [1.82, 2.24) is 9.78 Å². The van der Waals surface area contributed by atoms with E-state index in [1.54, 1.807) is 23.9 Å². The van der Waals surface area contributed by atoms with Gasteiger partial charge in [-0.25, -0.2) is 8.42 Å². The Morgan fingerprint density at radius 2 is 1.71 bits per heavy atom. The minimum absolute atomic E-state index is 0.00431. The van der Waals surface area contributed by atoms with E-state index in [0.717, 1.165) is 11.3 Å². The molecule has 0 aliphatic rings. The summed E-state index contributed by atoms with van der Waals surface area (Å²) in [6.07, 6.45) is 1.51. The van der Waals surface area contributed by atoms with Crippen LogP contribution in [0.4, 0.5) is 5.69 Å². The lowest BCUT2D eigenvalue weighted by Gasteiger charge is -2.19. The highest BCUT2D eigenvalue weighted by atomic mass is 32.2. The quantitative estimate of drug-likeness (QED) is 0.948. The number of nitrogens with zero attached hydrogens (tertiary/aromatic N) is 2. The van der Waals surface area contributed by atoms with Crippen molar-refractivity contribution in [2.24, 2.45) is 7.05 Å². The molecule has 2 rings (SSSR count). The lowest BCUT2D eigenvalue weighted by Crippen LogP contribution is -2.15. The number of benzene rings is 1. The minimum Gasteiger partial charge on any atom is -0.276 e. The molecule has 0 atom stereocenters. The number of aryl methyl sites for hydroxylation is 1. The van der Waals surface area contributed by atoms with Crippen molar-refractivity contribution < 1.29 is 8.42 Å². The molecule has 6 heteroatoms. The summed E-state index contributed by atoms with van der Waals surface area (Å²) >= 11 is 0. The molecule has 2 aromatic rings. The van der Waals surface area contributed by atoms with Crippen molar-refractivity contribution in [2.75, 3.05) is 4.72 Å². The number of aromatic nitrogens is 2. The number of nitrogens with one attached hydrogen (secondary N) is 1. The van der Waals surface area contributed by atoms with Crippen LogP contribution in [0.1, 0.15) is 32.0 Å². The number of hydrogen-bond donors (Lipinski definition) is 1. The lowest BCUT2D eigenvalue weighted by molar-refractivity contribution is 0.587. The summed E-state index contributed by atoms with van der Waals surface area (Å²) in [6.45, 7) is 8.09. The third kappa shape index (κ3) is 3.26. The van der Waals surface area contributed by atoms with Crippen molar-refractivity contribution in [2.45, 2.75) is 38.0 Å². The van der Waals surface area contributed by atoms with Gasteiger partial charge in [-0.05, 0) is 30.0 Å². The maximum Gasteiger partial charge on any atom is 0.262 e. The van der Waals surface area contributed by atoms with E-state index in [2.05, 4.69) is 30.6 Å². The van der Waals surface area contributed by atoms with Crippen molar-refractivity contribution in [3.8, 4) is 0 Å². The summed E-state index contributed by atoms with van der Waals surface area (Å²) in [5, 5.41) is 4.03. The maximum absolute atomic E-state index is 12.4. The summed E-state index contributed by atoms with van der Waals surface area (Å²) in [4.78, 5) is 0.249. The number of hydrogen-bond acceptors (Lipinski definition) is 3. The first-order valence-electron chi connectivity index (χ1n) is 6.73. The van der Waals surface area contributed by atoms with Crippen LogP contribution in [-0.2, 0) is 22.5 Å². The van der Waals surface area contributed by atoms with Gasteiger partial charge in [0.1, 0.15) is 0 Å². The second-order valence-corrected chi connectivity index (χ2v) is 7.83. The molecule has 0 amide bonds. The van der Waals surface area contributed by atoms with Crippen LogP contribution >= 0.6 is 0 Å². The van der Waals surface area contributed by atoms with Crippen LogP contribution in [0.15, 0.2) is 35.4 Å². The first-order valence-corrected chi connectivity index (χ1v) is 8.21. The van der Waals surface area contributed by atoms with E-state index in [-0.39, 0.29) is 10.3 Å². The van der Waals surface area contributed by atoms with E-state index < -0.39 is 10.0 Å². The first-order chi connectivity index (χ1) is 9.61. The zero-order valence-electron chi connectivity index (χ0n) is 13.0. The molecular weight excluding hydrogens is 286 g/mol. The van der Waals surface area contributed by atoms with Gasteiger partial charge in [-0.15, -0.1) is 0 Å². The Morgan fingerprint density at radius 3 is 2.14 bits per heavy atom. The van der Waals surface area contributed by atoms with Crippen LogP contribution in [0.2, 0.25) is 0 Å². The molecular formula is C15H21N3O2S. The molecule has 1 heterocycles. The molecule has 1 aromatic carbocycles. The maximum atomic E-state index is 12.4. The second kappa shape index (κ2) is 5.18. The van der Waals surface area contributed by atoms with Crippen molar-refractivity contribution >= 4 is 15.7 Å². The van der Waals surface area contributed by atoms with Gasteiger partial charge in [-0.1, -0.05) is 32.9 Å². The van der Waals surface area contributed by atoms with Crippen LogP contribution in [0, 0.1) is 6.92 Å². The molecule has 0 saturated heterocycles. The minimum atomic E-state index is -3.59. The van der Waals surface area contributed by atoms with Gasteiger partial charge in [0.2, 0.25) is 0 Å². The van der Waals surface area contributed by atoms with Gasteiger partial charge < -0.3 is 0 Å². The van der Waals surface area contributed by atoms with E-state index in [4.69, 9.17) is 0 Å². The van der Waals surface area contributed by atoms with Gasteiger partial charge in [-0.3, -0.25) is 9.40 Å². The van der Waals surface area contributed by atoms with Crippen LogP contribution in [0.5, 0.6) is 0 Å². The normalized spacial score (nSPS) is 12.4. The van der Waals surface area contributed by atoms with E-state index in [9.17, 15) is 8.42 Å². The molecule has 0 bridgehead atoms. The van der Waals surface area contributed by atoms with E-state index in [1.165, 1.54) is 6.20 Å². The molecule has 1 aromatic heterocycles. The highest BCUT2D eigenvalue weighted by Gasteiger charge is 2.19. The Kier molecular flexibility index (Phi) is 3.84. The fraction of sp³-hybridized carbons (Fsp3) is 0.400. The molecule has 0 aliphatic carbocycles. The van der Waals surface area contributed by atoms with Gasteiger partial charge in [0.25, 0.3) is 10.0 Å². The molecule has 5 nitrogen and oxygen atoms in total. The van der Waals surface area contributed by atoms with Crippen LogP contribution < -0.4 is 4.72 Å². The fourth-order valence-electron chi connectivity index (χ4n) is 1.94. The standard InChI is InChI=1S/C15H21N3O2S/c1-11-14(10-16-18(11)5)17-21(19,20)13-8-6-12(7-9-13)15(2,3)4/h6-10,17H,1-5H3. The number of rotatable bonds is 3. The number of sulfonamides is 1. The molecule has 0 aliphatic heterocycles. The Bertz CT molecular complexity index is 738. The zero-order valence-corrected chi connectivity index (χ0v) is 13.8. The summed E-state index contributed by atoms with van der Waals surface area (Å²) in [5.41, 5.74) is 2.36. The van der Waals surface area contributed by atoms with Crippen LogP contribution in [-0.4, -0.2) is 18.2 Å². The Labute approximate surface area is 126 Å². The molecule has 114 valence electrons. The SMILES string of the molecule is Cc1c(NS(=O)(=O)c2ccc(C(C)(C)C)cc2)cnn1C. The van der Waals surface area contributed by atoms with Gasteiger partial charge in [0, 0.05) is 7.05 Å². The third-order valence-electron chi connectivity index (χ3n) is 3.51. The topological polar surface area (TPSA) is 64.0 Å². The van der Waals surface area contributed by atoms with Crippen molar-refractivity contribution in [1.29, 1.82) is 0 Å². The Balaban J connectivity index is 2.30. The third-order valence-corrected chi connectivity index (χ3v) is 4.89. The average Bonchev–Trinajstić information content (AvgIpc) is 2.69. The molecule has 0 saturated carbocycles. The van der Waals surface area contributed by atoms with E-state index in [0.29, 0.717) is 5.69 Å². The highest BCUT2D eigenvalue weighted by Crippen LogP contribution is 2.24. The van der Waals surface area contributed by atoms with Crippen molar-refractivity contribution in [3.63, 3.8) is 0 Å². The predicted molar refractivity (Wildman–Crippen MR) is 83.9 cm³/mol. The molecule has 21 heavy (non-hydrogen) atoms. The zero-order chi connectivity index (χ0) is 15.8. The van der Waals surface area contributed by atoms with Gasteiger partial charge in [0.05, 0.1) is 22.5 Å². The van der Waals surface area contributed by atoms with E-state index >= 15 is 0 Å². The van der Waals surface area contributed by atoms with Crippen LogP contribution in [0.25, 0.3) is 0 Å². The molecule has 0 spiro atoms. The monoisotopic (exact) mass is 307 g/mol. The summed E-state index contributed by atoms with van der Waals surface area (Å²) in [7, 11) is -1.82. The predicted octanol–water partition coefficient (Wildman–Crippen LogP) is 2.83. The van der Waals surface area contributed by atoms with E-state index in [1.807, 2.05) is 19.1 Å². The van der Waals surface area contributed by atoms with Crippen LogP contribution in [0.3, 0.4) is 0 Å². The highest BCUT2D eigenvalue weighted by molar-refractivity contribution is 7.92. The second-order valence-electron chi connectivity index (χ2n) is 6.15. The Morgan fingerprint density at radius 1 is 1.14 bits per heavy atom. The smallest absolute Gasteiger partial charge is 0.262 e. The first kappa shape index (κ1) is 15.6. The van der Waals surface area contributed by atoms with Gasteiger partial charge in [0.15, 0.2) is 0 Å². The molecule has 0 radical (unpaired) electrons. The summed E-state index contributed by atoms with van der Waals surface area (Å²) in [6, 6.07) is 6.97. The summed E-state index contributed by atoms with van der Waals surface area (Å²) in [5.74, 6) is 0. The summed E-state index contributed by atoms with van der Waals surface area (Å²) < 4.78 is 28.9. The number of anilines is 1. The van der Waals surface area contributed by atoms with Crippen molar-refractivity contribution in [3.05, 3.63) is 41.7 Å². The van der Waals surface area contributed by atoms with Gasteiger partial charge in [-0.2, -0.15) is 5.10 Å². The average molecular weight is 307 g/mol. The Hall–Kier alpha value is -1.82. The molecule has 0 fully saturated rings. The largest absolute Gasteiger partial charge is 0.276 e. The molecule has 1 N–H and O–H groups in total. The molecule has 0 unspecified atom stereocenters. The lowest BCUT2D eigenvalue weighted by atomic mass is 9.87.